The summed E-state index contributed by atoms with van der Waals surface area (Å²) in [5, 5.41) is 3.13. The van der Waals surface area contributed by atoms with E-state index in [4.69, 9.17) is 0 Å². The van der Waals surface area contributed by atoms with Crippen LogP contribution in [0.5, 0.6) is 0 Å². The van der Waals surface area contributed by atoms with Crippen molar-refractivity contribution in [3.05, 3.63) is 58.4 Å². The summed E-state index contributed by atoms with van der Waals surface area (Å²) >= 11 is 0. The Hall–Kier alpha value is -2.03. The summed E-state index contributed by atoms with van der Waals surface area (Å²) in [5.74, 6) is 0.0125. The second-order valence-corrected chi connectivity index (χ2v) is 5.74. The van der Waals surface area contributed by atoms with Gasteiger partial charge in [0.15, 0.2) is 0 Å². The maximum Gasteiger partial charge on any atom is 0.268 e. The number of carbonyl (C=O) groups excluding carboxylic acids is 1. The Bertz CT molecular complexity index is 656. The van der Waals surface area contributed by atoms with Gasteiger partial charge in [0.1, 0.15) is 5.69 Å². The van der Waals surface area contributed by atoms with Gasteiger partial charge in [0, 0.05) is 12.2 Å². The number of aromatic nitrogens is 1. The molecular formula is C19H26N2O. The van der Waals surface area contributed by atoms with Crippen LogP contribution in [0.4, 0.5) is 0 Å². The van der Waals surface area contributed by atoms with Crippen molar-refractivity contribution in [3.8, 4) is 0 Å². The SMILES string of the molecule is CCc1c(C)c(C(=O)N[C@H](C)c2ccccc2)n(CC)c1C. The summed E-state index contributed by atoms with van der Waals surface area (Å²) in [7, 11) is 0. The highest BCUT2D eigenvalue weighted by atomic mass is 16.2. The van der Waals surface area contributed by atoms with Gasteiger partial charge in [-0.1, -0.05) is 37.3 Å². The number of carbonyl (C=O) groups is 1. The van der Waals surface area contributed by atoms with E-state index in [1.54, 1.807) is 0 Å². The maximum absolute atomic E-state index is 12.8. The van der Waals surface area contributed by atoms with Crippen LogP contribution in [-0.4, -0.2) is 10.5 Å². The lowest BCUT2D eigenvalue weighted by Gasteiger charge is -2.16. The van der Waals surface area contributed by atoms with Crippen LogP contribution in [0.2, 0.25) is 0 Å². The average molecular weight is 298 g/mol. The Balaban J connectivity index is 2.30. The molecule has 0 saturated carbocycles. The first-order valence-electron chi connectivity index (χ1n) is 8.05. The first-order chi connectivity index (χ1) is 10.5. The Morgan fingerprint density at radius 3 is 2.36 bits per heavy atom. The van der Waals surface area contributed by atoms with Crippen LogP contribution in [0.15, 0.2) is 30.3 Å². The zero-order valence-electron chi connectivity index (χ0n) is 14.2. The quantitative estimate of drug-likeness (QED) is 0.883. The van der Waals surface area contributed by atoms with Gasteiger partial charge in [-0.25, -0.2) is 0 Å². The van der Waals surface area contributed by atoms with Crippen LogP contribution in [0.25, 0.3) is 0 Å². The Kier molecular flexibility index (Phi) is 5.07. The Labute approximate surface area is 133 Å². The lowest BCUT2D eigenvalue weighted by Crippen LogP contribution is -2.29. The van der Waals surface area contributed by atoms with Crippen LogP contribution < -0.4 is 5.32 Å². The molecule has 22 heavy (non-hydrogen) atoms. The molecule has 1 amide bonds. The van der Waals surface area contributed by atoms with Gasteiger partial charge < -0.3 is 9.88 Å². The minimum Gasteiger partial charge on any atom is -0.344 e. The first kappa shape index (κ1) is 16.3. The van der Waals surface area contributed by atoms with E-state index in [-0.39, 0.29) is 11.9 Å². The van der Waals surface area contributed by atoms with Crippen LogP contribution in [0, 0.1) is 13.8 Å². The molecule has 0 aliphatic carbocycles. The molecule has 1 N–H and O–H groups in total. The van der Waals surface area contributed by atoms with E-state index in [1.807, 2.05) is 37.3 Å². The zero-order valence-corrected chi connectivity index (χ0v) is 14.2. The van der Waals surface area contributed by atoms with E-state index in [1.165, 1.54) is 11.3 Å². The summed E-state index contributed by atoms with van der Waals surface area (Å²) in [6, 6.07) is 10.1. The van der Waals surface area contributed by atoms with Crippen molar-refractivity contribution in [1.29, 1.82) is 0 Å². The molecular weight excluding hydrogens is 272 g/mol. The van der Waals surface area contributed by atoms with E-state index in [0.717, 1.165) is 29.8 Å². The lowest BCUT2D eigenvalue weighted by molar-refractivity contribution is 0.0929. The maximum atomic E-state index is 12.8. The number of benzene rings is 1. The highest BCUT2D eigenvalue weighted by Crippen LogP contribution is 2.23. The third-order valence-electron chi connectivity index (χ3n) is 4.45. The van der Waals surface area contributed by atoms with E-state index in [2.05, 4.69) is 37.6 Å². The second-order valence-electron chi connectivity index (χ2n) is 5.74. The zero-order chi connectivity index (χ0) is 16.3. The molecule has 2 aromatic rings. The Morgan fingerprint density at radius 2 is 1.82 bits per heavy atom. The minimum atomic E-state index is -0.00121. The van der Waals surface area contributed by atoms with Crippen molar-refractivity contribution < 1.29 is 4.79 Å². The molecule has 118 valence electrons. The summed E-state index contributed by atoms with van der Waals surface area (Å²) in [6.07, 6.45) is 0.958. The highest BCUT2D eigenvalue weighted by Gasteiger charge is 2.22. The van der Waals surface area contributed by atoms with Crippen molar-refractivity contribution in [1.82, 2.24) is 9.88 Å². The molecule has 0 saturated heterocycles. The normalized spacial score (nSPS) is 12.2. The largest absolute Gasteiger partial charge is 0.344 e. The summed E-state index contributed by atoms with van der Waals surface area (Å²) in [4.78, 5) is 12.8. The number of nitrogens with one attached hydrogen (secondary N) is 1. The fourth-order valence-electron chi connectivity index (χ4n) is 3.25. The predicted molar refractivity (Wildman–Crippen MR) is 91.3 cm³/mol. The highest BCUT2D eigenvalue weighted by molar-refractivity contribution is 5.95. The third kappa shape index (κ3) is 2.94. The first-order valence-corrected chi connectivity index (χ1v) is 8.05. The van der Waals surface area contributed by atoms with Gasteiger partial charge in [-0.2, -0.15) is 0 Å². The minimum absolute atomic E-state index is 0.00121. The predicted octanol–water partition coefficient (Wildman–Crippen LogP) is 4.18. The molecule has 1 heterocycles. The summed E-state index contributed by atoms with van der Waals surface area (Å²) in [6.45, 7) is 11.2. The van der Waals surface area contributed by atoms with Crippen molar-refractivity contribution >= 4 is 5.91 Å². The monoisotopic (exact) mass is 298 g/mol. The molecule has 1 aromatic carbocycles. The second kappa shape index (κ2) is 6.82. The van der Waals surface area contributed by atoms with Gasteiger partial charge in [-0.15, -0.1) is 0 Å². The molecule has 3 heteroatoms. The van der Waals surface area contributed by atoms with Crippen molar-refractivity contribution in [2.75, 3.05) is 0 Å². The van der Waals surface area contributed by atoms with Gasteiger partial charge in [0.05, 0.1) is 6.04 Å². The third-order valence-corrected chi connectivity index (χ3v) is 4.45. The number of nitrogens with zero attached hydrogens (tertiary/aromatic N) is 1. The van der Waals surface area contributed by atoms with Crippen LogP contribution in [-0.2, 0) is 13.0 Å². The molecule has 3 nitrogen and oxygen atoms in total. The van der Waals surface area contributed by atoms with Gasteiger partial charge >= 0.3 is 0 Å². The van der Waals surface area contributed by atoms with E-state index in [9.17, 15) is 4.79 Å². The molecule has 0 fully saturated rings. The number of amides is 1. The van der Waals surface area contributed by atoms with Crippen LogP contribution in [0.3, 0.4) is 0 Å². The topological polar surface area (TPSA) is 34.0 Å². The molecule has 0 aliphatic rings. The lowest BCUT2D eigenvalue weighted by atomic mass is 10.1. The number of rotatable bonds is 5. The molecule has 0 bridgehead atoms. The fraction of sp³-hybridized carbons (Fsp3) is 0.421. The van der Waals surface area contributed by atoms with Gasteiger partial charge in [0.2, 0.25) is 0 Å². The fourth-order valence-corrected chi connectivity index (χ4v) is 3.25. The van der Waals surface area contributed by atoms with Gasteiger partial charge in [-0.3, -0.25) is 4.79 Å². The standard InChI is InChI=1S/C19H26N2O/c1-6-17-13(3)18(21(7-2)15(17)5)19(22)20-14(4)16-11-9-8-10-12-16/h8-12,14H,6-7H2,1-5H3,(H,20,22)/t14-/m1/s1. The summed E-state index contributed by atoms with van der Waals surface area (Å²) < 4.78 is 2.13. The smallest absolute Gasteiger partial charge is 0.268 e. The average Bonchev–Trinajstić information content (AvgIpc) is 2.77. The molecule has 0 spiro atoms. The van der Waals surface area contributed by atoms with Crippen molar-refractivity contribution in [3.63, 3.8) is 0 Å². The molecule has 1 aromatic heterocycles. The van der Waals surface area contributed by atoms with Crippen LogP contribution >= 0.6 is 0 Å². The van der Waals surface area contributed by atoms with Gasteiger partial charge in [0.25, 0.3) is 5.91 Å². The summed E-state index contributed by atoms with van der Waals surface area (Å²) in [5.41, 5.74) is 5.54. The van der Waals surface area contributed by atoms with E-state index >= 15 is 0 Å². The van der Waals surface area contributed by atoms with Crippen molar-refractivity contribution in [2.24, 2.45) is 0 Å². The van der Waals surface area contributed by atoms with Crippen LogP contribution in [0.1, 0.15) is 59.7 Å². The van der Waals surface area contributed by atoms with E-state index < -0.39 is 0 Å². The van der Waals surface area contributed by atoms with Crippen molar-refractivity contribution in [2.45, 2.75) is 53.6 Å². The molecule has 0 aliphatic heterocycles. The van der Waals surface area contributed by atoms with E-state index in [0.29, 0.717) is 0 Å². The molecule has 1 atom stereocenters. The molecule has 2 rings (SSSR count). The Morgan fingerprint density at radius 1 is 1.18 bits per heavy atom. The molecule has 0 radical (unpaired) electrons. The number of hydrogen-bond acceptors (Lipinski definition) is 1. The number of hydrogen-bond donors (Lipinski definition) is 1. The molecule has 0 unspecified atom stereocenters. The van der Waals surface area contributed by atoms with Gasteiger partial charge in [-0.05, 0) is 50.8 Å².